The van der Waals surface area contributed by atoms with Crippen LogP contribution in [0.5, 0.6) is 0 Å². The molecular weight excluding hydrogens is 226 g/mol. The van der Waals surface area contributed by atoms with Crippen LogP contribution in [0.15, 0.2) is 30.3 Å². The van der Waals surface area contributed by atoms with Gasteiger partial charge in [0.25, 0.3) is 0 Å². The molecule has 0 aromatic heterocycles. The third-order valence-electron chi connectivity index (χ3n) is 3.61. The van der Waals surface area contributed by atoms with Crippen LogP contribution in [0.25, 0.3) is 0 Å². The minimum Gasteiger partial charge on any atom is -0.302 e. The van der Waals surface area contributed by atoms with Gasteiger partial charge in [-0.25, -0.2) is 0 Å². The Morgan fingerprint density at radius 3 is 2.61 bits per heavy atom. The summed E-state index contributed by atoms with van der Waals surface area (Å²) in [6.45, 7) is 0.498. The van der Waals surface area contributed by atoms with Gasteiger partial charge in [0.05, 0.1) is 12.6 Å². The number of aldehydes is 1. The summed E-state index contributed by atoms with van der Waals surface area (Å²) in [5.41, 5.74) is 4.03. The fourth-order valence-corrected chi connectivity index (χ4v) is 2.52. The van der Waals surface area contributed by atoms with E-state index in [1.165, 1.54) is 19.3 Å². The van der Waals surface area contributed by atoms with Crippen LogP contribution >= 0.6 is 0 Å². The van der Waals surface area contributed by atoms with E-state index in [1.54, 1.807) is 0 Å². The van der Waals surface area contributed by atoms with Crippen molar-refractivity contribution in [3.8, 4) is 0 Å². The number of hydrogen-bond donors (Lipinski definition) is 1. The summed E-state index contributed by atoms with van der Waals surface area (Å²) in [5.74, 6) is 0.437. The van der Waals surface area contributed by atoms with Crippen LogP contribution in [0.1, 0.15) is 37.7 Å². The van der Waals surface area contributed by atoms with Crippen LogP contribution in [-0.4, -0.2) is 12.3 Å². The summed E-state index contributed by atoms with van der Waals surface area (Å²) >= 11 is 0. The monoisotopic (exact) mass is 247 g/mol. The number of nitrogens with one attached hydrogen (secondary N) is 1. The molecule has 1 aromatic rings. The molecule has 1 aliphatic carbocycles. The second kappa shape index (κ2) is 7.29. The summed E-state index contributed by atoms with van der Waals surface area (Å²) in [4.78, 5) is 16.5. The van der Waals surface area contributed by atoms with Crippen molar-refractivity contribution in [2.24, 2.45) is 5.92 Å². The predicted molar refractivity (Wildman–Crippen MR) is 70.8 cm³/mol. The molecule has 3 heteroatoms. The summed E-state index contributed by atoms with van der Waals surface area (Å²) in [6, 6.07) is 9.81. The lowest BCUT2D eigenvalue weighted by Gasteiger charge is -2.26. The maximum Gasteiger partial charge on any atom is 0.139 e. The zero-order chi connectivity index (χ0) is 12.6. The van der Waals surface area contributed by atoms with Crippen LogP contribution in [0.2, 0.25) is 0 Å². The third kappa shape index (κ3) is 3.93. The molecule has 0 amide bonds. The first-order valence-electron chi connectivity index (χ1n) is 6.76. The summed E-state index contributed by atoms with van der Waals surface area (Å²) in [7, 11) is 0. The number of rotatable bonds is 6. The average molecular weight is 247 g/mol. The smallest absolute Gasteiger partial charge is 0.139 e. The van der Waals surface area contributed by atoms with Gasteiger partial charge < -0.3 is 4.79 Å². The lowest BCUT2D eigenvalue weighted by Crippen LogP contribution is -2.38. The van der Waals surface area contributed by atoms with Gasteiger partial charge in [0, 0.05) is 0 Å². The molecule has 1 aliphatic rings. The Balaban J connectivity index is 1.75. The van der Waals surface area contributed by atoms with Gasteiger partial charge >= 0.3 is 0 Å². The fraction of sp³-hybridized carbons (Fsp3) is 0.533. The van der Waals surface area contributed by atoms with E-state index in [4.69, 9.17) is 4.84 Å². The minimum absolute atomic E-state index is 0.158. The highest BCUT2D eigenvalue weighted by molar-refractivity contribution is 5.57. The third-order valence-corrected chi connectivity index (χ3v) is 3.61. The molecule has 0 aliphatic heterocycles. The molecule has 1 aromatic carbocycles. The SMILES string of the molecule is O=CC(NOCc1ccccc1)C1CCCCC1. The van der Waals surface area contributed by atoms with Crippen molar-refractivity contribution in [2.75, 3.05) is 0 Å². The molecule has 1 N–H and O–H groups in total. The summed E-state index contributed by atoms with van der Waals surface area (Å²) < 4.78 is 0. The van der Waals surface area contributed by atoms with E-state index in [-0.39, 0.29) is 6.04 Å². The summed E-state index contributed by atoms with van der Waals surface area (Å²) in [5, 5.41) is 0. The van der Waals surface area contributed by atoms with Gasteiger partial charge in [0.2, 0.25) is 0 Å². The second-order valence-electron chi connectivity index (χ2n) is 4.95. The van der Waals surface area contributed by atoms with Gasteiger partial charge in [-0.15, -0.1) is 0 Å². The lowest BCUT2D eigenvalue weighted by atomic mass is 9.85. The van der Waals surface area contributed by atoms with Crippen LogP contribution in [0, 0.1) is 5.92 Å². The molecule has 18 heavy (non-hydrogen) atoms. The second-order valence-corrected chi connectivity index (χ2v) is 4.95. The maximum atomic E-state index is 11.1. The van der Waals surface area contributed by atoms with Crippen molar-refractivity contribution >= 4 is 6.29 Å². The zero-order valence-corrected chi connectivity index (χ0v) is 10.7. The highest BCUT2D eigenvalue weighted by atomic mass is 16.6. The molecule has 3 nitrogen and oxygen atoms in total. The Hall–Kier alpha value is -1.19. The van der Waals surface area contributed by atoms with Crippen molar-refractivity contribution in [3.05, 3.63) is 35.9 Å². The van der Waals surface area contributed by atoms with Crippen molar-refractivity contribution in [1.82, 2.24) is 5.48 Å². The summed E-state index contributed by atoms with van der Waals surface area (Å²) in [6.07, 6.45) is 7.01. The molecule has 0 radical (unpaired) electrons. The zero-order valence-electron chi connectivity index (χ0n) is 10.7. The van der Waals surface area contributed by atoms with E-state index in [9.17, 15) is 4.79 Å². The number of carbonyl (C=O) groups is 1. The Labute approximate surface area is 108 Å². The Morgan fingerprint density at radius 2 is 1.94 bits per heavy atom. The van der Waals surface area contributed by atoms with Crippen molar-refractivity contribution < 1.29 is 9.63 Å². The topological polar surface area (TPSA) is 38.3 Å². The van der Waals surface area contributed by atoms with Gasteiger partial charge in [0.1, 0.15) is 6.29 Å². The Bertz CT molecular complexity index is 347. The van der Waals surface area contributed by atoms with Crippen LogP contribution in [0.3, 0.4) is 0 Å². The van der Waals surface area contributed by atoms with Gasteiger partial charge in [-0.2, -0.15) is 5.48 Å². The highest BCUT2D eigenvalue weighted by Gasteiger charge is 2.23. The van der Waals surface area contributed by atoms with E-state index in [0.717, 1.165) is 24.7 Å². The Morgan fingerprint density at radius 1 is 1.22 bits per heavy atom. The number of hydroxylamine groups is 1. The van der Waals surface area contributed by atoms with Crippen molar-refractivity contribution in [3.63, 3.8) is 0 Å². The van der Waals surface area contributed by atoms with Gasteiger partial charge in [0.15, 0.2) is 0 Å². The maximum absolute atomic E-state index is 11.1. The normalized spacial score (nSPS) is 18.4. The molecule has 98 valence electrons. The Kier molecular flexibility index (Phi) is 5.36. The van der Waals surface area contributed by atoms with Crippen LogP contribution in [-0.2, 0) is 16.2 Å². The molecule has 0 saturated heterocycles. The predicted octanol–water partition coefficient (Wildman–Crippen LogP) is 2.86. The van der Waals surface area contributed by atoms with Crippen molar-refractivity contribution in [2.45, 2.75) is 44.8 Å². The van der Waals surface area contributed by atoms with Crippen molar-refractivity contribution in [1.29, 1.82) is 0 Å². The van der Waals surface area contributed by atoms with E-state index in [1.807, 2.05) is 30.3 Å². The molecule has 1 saturated carbocycles. The first-order chi connectivity index (χ1) is 8.90. The molecular formula is C15H21NO2. The molecule has 1 unspecified atom stereocenters. The number of hydrogen-bond acceptors (Lipinski definition) is 3. The van der Waals surface area contributed by atoms with E-state index < -0.39 is 0 Å². The molecule has 0 spiro atoms. The number of benzene rings is 1. The van der Waals surface area contributed by atoms with Gasteiger partial charge in [-0.1, -0.05) is 49.6 Å². The first-order valence-corrected chi connectivity index (χ1v) is 6.76. The first kappa shape index (κ1) is 13.2. The van der Waals surface area contributed by atoms with Crippen LogP contribution in [0.4, 0.5) is 0 Å². The van der Waals surface area contributed by atoms with E-state index in [0.29, 0.717) is 12.5 Å². The number of carbonyl (C=O) groups excluding carboxylic acids is 1. The fourth-order valence-electron chi connectivity index (χ4n) is 2.52. The molecule has 0 bridgehead atoms. The molecule has 1 fully saturated rings. The molecule has 1 atom stereocenters. The highest BCUT2D eigenvalue weighted by Crippen LogP contribution is 2.25. The largest absolute Gasteiger partial charge is 0.302 e. The minimum atomic E-state index is -0.158. The quantitative estimate of drug-likeness (QED) is 0.620. The lowest BCUT2D eigenvalue weighted by molar-refractivity contribution is -0.116. The standard InChI is InChI=1S/C15H21NO2/c17-11-15(14-9-5-2-6-10-14)16-18-12-13-7-3-1-4-8-13/h1,3-4,7-8,11,14-16H,2,5-6,9-10,12H2. The van der Waals surface area contributed by atoms with E-state index >= 15 is 0 Å². The van der Waals surface area contributed by atoms with Gasteiger partial charge in [-0.05, 0) is 24.3 Å². The van der Waals surface area contributed by atoms with E-state index in [2.05, 4.69) is 5.48 Å². The molecule has 2 rings (SSSR count). The average Bonchev–Trinajstić information content (AvgIpc) is 2.46. The van der Waals surface area contributed by atoms with Gasteiger partial charge in [-0.3, -0.25) is 4.84 Å². The molecule has 0 heterocycles. The van der Waals surface area contributed by atoms with Crippen LogP contribution < -0.4 is 5.48 Å².